The van der Waals surface area contributed by atoms with Crippen molar-refractivity contribution in [2.75, 3.05) is 0 Å². The van der Waals surface area contributed by atoms with Gasteiger partial charge >= 0.3 is 11.9 Å². The van der Waals surface area contributed by atoms with Gasteiger partial charge in [0.05, 0.1) is 11.1 Å². The second-order valence-electron chi connectivity index (χ2n) is 2.42. The first-order valence-corrected chi connectivity index (χ1v) is 3.96. The average Bonchev–Trinajstić information content (AvgIpc) is 2.03. The van der Waals surface area contributed by atoms with Crippen LogP contribution < -0.4 is 5.30 Å². The molecule has 13 heavy (non-hydrogen) atoms. The summed E-state index contributed by atoms with van der Waals surface area (Å²) in [6.45, 7) is 0. The third-order valence-corrected chi connectivity index (χ3v) is 1.86. The summed E-state index contributed by atoms with van der Waals surface area (Å²) >= 11 is 0. The van der Waals surface area contributed by atoms with Crippen LogP contribution in [0.15, 0.2) is 18.2 Å². The summed E-state index contributed by atoms with van der Waals surface area (Å²) in [5.41, 5.74) is -0.390. The molecule has 0 saturated carbocycles. The van der Waals surface area contributed by atoms with Crippen LogP contribution >= 0.6 is 9.24 Å². The lowest BCUT2D eigenvalue weighted by atomic mass is 10.1. The standard InChI is InChI=1S/C8H7O4P/c9-7(10)5-2-1-4(13)3-6(5)8(11)12/h1-3H,13H2,(H,9,10)(H,11,12). The summed E-state index contributed by atoms with van der Waals surface area (Å²) in [4.78, 5) is 21.2. The van der Waals surface area contributed by atoms with E-state index in [0.717, 1.165) is 0 Å². The Balaban J connectivity index is 3.35. The quantitative estimate of drug-likeness (QED) is 0.681. The van der Waals surface area contributed by atoms with E-state index in [4.69, 9.17) is 10.2 Å². The van der Waals surface area contributed by atoms with Gasteiger partial charge in [0.15, 0.2) is 0 Å². The average molecular weight is 198 g/mol. The number of rotatable bonds is 2. The highest BCUT2D eigenvalue weighted by Gasteiger charge is 2.14. The number of aromatic carboxylic acids is 2. The SMILES string of the molecule is O=C(O)c1ccc(P)cc1C(=O)O. The zero-order chi connectivity index (χ0) is 10.0. The smallest absolute Gasteiger partial charge is 0.336 e. The first-order chi connectivity index (χ1) is 6.02. The summed E-state index contributed by atoms with van der Waals surface area (Å²) in [5, 5.41) is 17.9. The molecule has 1 aromatic carbocycles. The molecule has 0 aromatic heterocycles. The van der Waals surface area contributed by atoms with Gasteiger partial charge in [-0.1, -0.05) is 6.07 Å². The van der Waals surface area contributed by atoms with Crippen LogP contribution in [0, 0.1) is 0 Å². The number of hydrogen-bond acceptors (Lipinski definition) is 2. The maximum absolute atomic E-state index is 10.6. The molecular weight excluding hydrogens is 191 g/mol. The van der Waals surface area contributed by atoms with Gasteiger partial charge in [-0.15, -0.1) is 9.24 Å². The number of carbonyl (C=O) groups is 2. The minimum atomic E-state index is -1.23. The van der Waals surface area contributed by atoms with E-state index in [-0.39, 0.29) is 11.1 Å². The van der Waals surface area contributed by atoms with E-state index >= 15 is 0 Å². The van der Waals surface area contributed by atoms with Crippen molar-refractivity contribution in [3.63, 3.8) is 0 Å². The second kappa shape index (κ2) is 3.54. The van der Waals surface area contributed by atoms with E-state index in [1.54, 1.807) is 0 Å². The predicted molar refractivity (Wildman–Crippen MR) is 49.7 cm³/mol. The molecule has 0 saturated heterocycles. The van der Waals surface area contributed by atoms with Crippen LogP contribution in [0.25, 0.3) is 0 Å². The topological polar surface area (TPSA) is 74.6 Å². The van der Waals surface area contributed by atoms with Gasteiger partial charge in [0.1, 0.15) is 0 Å². The molecule has 1 atom stereocenters. The van der Waals surface area contributed by atoms with Crippen LogP contribution in [0.2, 0.25) is 0 Å². The first-order valence-electron chi connectivity index (χ1n) is 3.38. The third kappa shape index (κ3) is 2.04. The van der Waals surface area contributed by atoms with Crippen LogP contribution in [0.5, 0.6) is 0 Å². The minimum Gasteiger partial charge on any atom is -0.478 e. The molecular formula is C8H7O4P. The van der Waals surface area contributed by atoms with Gasteiger partial charge in [-0.3, -0.25) is 0 Å². The molecule has 5 heteroatoms. The lowest BCUT2D eigenvalue weighted by Gasteiger charge is -2.01. The maximum Gasteiger partial charge on any atom is 0.336 e. The summed E-state index contributed by atoms with van der Waals surface area (Å²) in [6, 6.07) is 4.10. The van der Waals surface area contributed by atoms with Crippen LogP contribution in [-0.2, 0) is 0 Å². The molecule has 0 amide bonds. The molecule has 0 spiro atoms. The van der Waals surface area contributed by atoms with Gasteiger partial charge in [0.25, 0.3) is 0 Å². The predicted octanol–water partition coefficient (Wildman–Crippen LogP) is 0.583. The molecule has 0 aliphatic heterocycles. The van der Waals surface area contributed by atoms with Crippen molar-refractivity contribution in [1.82, 2.24) is 0 Å². The molecule has 1 unspecified atom stereocenters. The monoisotopic (exact) mass is 198 g/mol. The van der Waals surface area contributed by atoms with Crippen molar-refractivity contribution in [1.29, 1.82) is 0 Å². The fourth-order valence-electron chi connectivity index (χ4n) is 0.925. The Morgan fingerprint density at radius 3 is 2.08 bits per heavy atom. The first kappa shape index (κ1) is 9.68. The zero-order valence-electron chi connectivity index (χ0n) is 6.52. The summed E-state index contributed by atoms with van der Waals surface area (Å²) in [6.07, 6.45) is 0. The summed E-state index contributed by atoms with van der Waals surface area (Å²) in [7, 11) is 2.31. The van der Waals surface area contributed by atoms with Gasteiger partial charge in [-0.25, -0.2) is 9.59 Å². The molecule has 1 rings (SSSR count). The molecule has 0 bridgehead atoms. The van der Waals surface area contributed by atoms with Gasteiger partial charge in [0.2, 0.25) is 0 Å². The Kier molecular flexibility index (Phi) is 2.63. The lowest BCUT2D eigenvalue weighted by molar-refractivity contribution is 0.0651. The molecule has 0 fully saturated rings. The van der Waals surface area contributed by atoms with E-state index in [1.165, 1.54) is 18.2 Å². The van der Waals surface area contributed by atoms with E-state index in [9.17, 15) is 9.59 Å². The van der Waals surface area contributed by atoms with Crippen LogP contribution in [0.1, 0.15) is 20.7 Å². The normalized spacial score (nSPS) is 9.62. The second-order valence-corrected chi connectivity index (χ2v) is 3.08. The fourth-order valence-corrected chi connectivity index (χ4v) is 1.19. The van der Waals surface area contributed by atoms with E-state index < -0.39 is 11.9 Å². The number of benzene rings is 1. The highest BCUT2D eigenvalue weighted by Crippen LogP contribution is 2.08. The lowest BCUT2D eigenvalue weighted by Crippen LogP contribution is -2.10. The Hall–Kier alpha value is -1.41. The van der Waals surface area contributed by atoms with Gasteiger partial charge in [0, 0.05) is 0 Å². The fraction of sp³-hybridized carbons (Fsp3) is 0. The third-order valence-electron chi connectivity index (χ3n) is 1.50. The highest BCUT2D eigenvalue weighted by atomic mass is 31.0. The van der Waals surface area contributed by atoms with Crippen molar-refractivity contribution >= 4 is 26.5 Å². The maximum atomic E-state index is 10.6. The van der Waals surface area contributed by atoms with Crippen LogP contribution in [-0.4, -0.2) is 22.2 Å². The Bertz CT molecular complexity index is 372. The molecule has 0 radical (unpaired) electrons. The van der Waals surface area contributed by atoms with E-state index in [0.29, 0.717) is 5.30 Å². The van der Waals surface area contributed by atoms with Crippen molar-refractivity contribution in [3.05, 3.63) is 29.3 Å². The van der Waals surface area contributed by atoms with Crippen molar-refractivity contribution in [3.8, 4) is 0 Å². The molecule has 4 nitrogen and oxygen atoms in total. The number of hydrogen-bond donors (Lipinski definition) is 2. The largest absolute Gasteiger partial charge is 0.478 e. The van der Waals surface area contributed by atoms with Crippen molar-refractivity contribution in [2.24, 2.45) is 0 Å². The van der Waals surface area contributed by atoms with Gasteiger partial charge in [-0.2, -0.15) is 0 Å². The summed E-state index contributed by atoms with van der Waals surface area (Å²) < 4.78 is 0. The van der Waals surface area contributed by atoms with Gasteiger partial charge < -0.3 is 10.2 Å². The van der Waals surface area contributed by atoms with Crippen LogP contribution in [0.4, 0.5) is 0 Å². The molecule has 1 aromatic rings. The Morgan fingerprint density at radius 2 is 1.62 bits per heavy atom. The van der Waals surface area contributed by atoms with Crippen molar-refractivity contribution < 1.29 is 19.8 Å². The van der Waals surface area contributed by atoms with Crippen molar-refractivity contribution in [2.45, 2.75) is 0 Å². The molecule has 68 valence electrons. The number of carboxylic acids is 2. The molecule has 0 aliphatic rings. The van der Waals surface area contributed by atoms with Gasteiger partial charge in [-0.05, 0) is 17.4 Å². The van der Waals surface area contributed by atoms with E-state index in [1.807, 2.05) is 0 Å². The molecule has 0 aliphatic carbocycles. The summed E-state index contributed by atoms with van der Waals surface area (Å²) in [5.74, 6) is -2.47. The Morgan fingerprint density at radius 1 is 1.08 bits per heavy atom. The minimum absolute atomic E-state index is 0.194. The highest BCUT2D eigenvalue weighted by molar-refractivity contribution is 7.27. The molecule has 2 N–H and O–H groups in total. The molecule has 0 heterocycles. The van der Waals surface area contributed by atoms with Crippen LogP contribution in [0.3, 0.4) is 0 Å². The van der Waals surface area contributed by atoms with E-state index in [2.05, 4.69) is 9.24 Å². The zero-order valence-corrected chi connectivity index (χ0v) is 7.68. The Labute approximate surface area is 76.4 Å². The number of carboxylic acid groups (broad SMARTS) is 2.